The van der Waals surface area contributed by atoms with E-state index in [-0.39, 0.29) is 5.78 Å². The van der Waals surface area contributed by atoms with Gasteiger partial charge in [-0.2, -0.15) is 0 Å². The second kappa shape index (κ2) is 5.11. The van der Waals surface area contributed by atoms with Gasteiger partial charge >= 0.3 is 0 Å². The Morgan fingerprint density at radius 1 is 1.25 bits per heavy atom. The van der Waals surface area contributed by atoms with Crippen LogP contribution in [0.4, 0.5) is 0 Å². The first-order chi connectivity index (χ1) is 7.50. The van der Waals surface area contributed by atoms with Gasteiger partial charge in [0.05, 0.1) is 0 Å². The Labute approximate surface area is 94.4 Å². The van der Waals surface area contributed by atoms with Crippen LogP contribution in [-0.4, -0.2) is 30.7 Å². The molecule has 0 bridgehead atoms. The van der Waals surface area contributed by atoms with E-state index in [1.54, 1.807) is 29.3 Å². The molecule has 4 heteroatoms. The van der Waals surface area contributed by atoms with Gasteiger partial charge in [-0.25, -0.2) is 0 Å². The number of amides is 1. The normalized spacial score (nSPS) is 10.4. The van der Waals surface area contributed by atoms with Crippen LogP contribution in [0.5, 0.6) is 0 Å². The molecule has 0 radical (unpaired) electrons. The van der Waals surface area contributed by atoms with Gasteiger partial charge in [-0.15, -0.1) is 0 Å². The zero-order valence-corrected chi connectivity index (χ0v) is 9.31. The standard InChI is InChI=1S/C12H14N2O2/c1-14(2)7-6-11(15)9-4-3-5-10(8-9)12(13)16/h3-8H,1-2H3,(H2,13,16)/b7-6+. The Morgan fingerprint density at radius 2 is 1.88 bits per heavy atom. The molecule has 0 saturated carbocycles. The van der Waals surface area contributed by atoms with Gasteiger partial charge in [-0.1, -0.05) is 12.1 Å². The highest BCUT2D eigenvalue weighted by molar-refractivity contribution is 6.06. The molecule has 0 heterocycles. The van der Waals surface area contributed by atoms with Gasteiger partial charge < -0.3 is 10.6 Å². The van der Waals surface area contributed by atoms with Gasteiger partial charge in [0, 0.05) is 37.5 Å². The molecular formula is C12H14N2O2. The highest BCUT2D eigenvalue weighted by atomic mass is 16.1. The summed E-state index contributed by atoms with van der Waals surface area (Å²) >= 11 is 0. The number of ketones is 1. The van der Waals surface area contributed by atoms with Crippen molar-refractivity contribution in [2.75, 3.05) is 14.1 Å². The molecule has 0 aliphatic rings. The van der Waals surface area contributed by atoms with Crippen LogP contribution in [0.25, 0.3) is 0 Å². The molecule has 0 atom stereocenters. The number of hydrogen-bond acceptors (Lipinski definition) is 3. The second-order valence-corrected chi connectivity index (χ2v) is 3.59. The van der Waals surface area contributed by atoms with E-state index < -0.39 is 5.91 Å². The molecule has 0 saturated heterocycles. The lowest BCUT2D eigenvalue weighted by Crippen LogP contribution is -2.11. The quantitative estimate of drug-likeness (QED) is 0.606. The summed E-state index contributed by atoms with van der Waals surface area (Å²) in [5, 5.41) is 0. The molecule has 0 aliphatic heterocycles. The Kier molecular flexibility index (Phi) is 3.83. The zero-order valence-electron chi connectivity index (χ0n) is 9.31. The highest BCUT2D eigenvalue weighted by Crippen LogP contribution is 2.06. The van der Waals surface area contributed by atoms with Gasteiger partial charge in [-0.3, -0.25) is 9.59 Å². The maximum absolute atomic E-state index is 11.7. The Balaban J connectivity index is 2.92. The molecule has 0 unspecified atom stereocenters. The van der Waals surface area contributed by atoms with Crippen molar-refractivity contribution in [1.82, 2.24) is 4.90 Å². The van der Waals surface area contributed by atoms with E-state index in [4.69, 9.17) is 5.73 Å². The van der Waals surface area contributed by atoms with E-state index in [0.717, 1.165) is 0 Å². The van der Waals surface area contributed by atoms with Crippen molar-refractivity contribution in [3.8, 4) is 0 Å². The van der Waals surface area contributed by atoms with Crippen LogP contribution in [0.3, 0.4) is 0 Å². The smallest absolute Gasteiger partial charge is 0.248 e. The number of carbonyl (C=O) groups is 2. The van der Waals surface area contributed by atoms with Crippen LogP contribution in [-0.2, 0) is 0 Å². The van der Waals surface area contributed by atoms with Gasteiger partial charge in [0.15, 0.2) is 5.78 Å². The summed E-state index contributed by atoms with van der Waals surface area (Å²) in [6.45, 7) is 0. The number of allylic oxidation sites excluding steroid dienone is 1. The van der Waals surface area contributed by atoms with E-state index >= 15 is 0 Å². The predicted octanol–water partition coefficient (Wildman–Crippen LogP) is 1.04. The minimum absolute atomic E-state index is 0.156. The minimum Gasteiger partial charge on any atom is -0.383 e. The van der Waals surface area contributed by atoms with E-state index in [9.17, 15) is 9.59 Å². The molecule has 2 N–H and O–H groups in total. The lowest BCUT2D eigenvalue weighted by molar-refractivity contribution is 0.1000. The van der Waals surface area contributed by atoms with Crippen molar-refractivity contribution in [3.05, 3.63) is 47.7 Å². The van der Waals surface area contributed by atoms with Crippen molar-refractivity contribution in [2.24, 2.45) is 5.73 Å². The number of benzene rings is 1. The van der Waals surface area contributed by atoms with E-state index in [1.807, 2.05) is 14.1 Å². The SMILES string of the molecule is CN(C)/C=C/C(=O)c1cccc(C(N)=O)c1. The fourth-order valence-electron chi connectivity index (χ4n) is 1.14. The van der Waals surface area contributed by atoms with Crippen LogP contribution in [0.15, 0.2) is 36.5 Å². The van der Waals surface area contributed by atoms with Crippen molar-refractivity contribution in [1.29, 1.82) is 0 Å². The second-order valence-electron chi connectivity index (χ2n) is 3.59. The molecule has 1 aromatic rings. The summed E-state index contributed by atoms with van der Waals surface area (Å²) in [5.41, 5.74) is 5.92. The maximum Gasteiger partial charge on any atom is 0.248 e. The molecule has 16 heavy (non-hydrogen) atoms. The van der Waals surface area contributed by atoms with E-state index in [1.165, 1.54) is 12.1 Å². The zero-order chi connectivity index (χ0) is 12.1. The number of nitrogens with two attached hydrogens (primary N) is 1. The van der Waals surface area contributed by atoms with Gasteiger partial charge in [0.25, 0.3) is 0 Å². The predicted molar refractivity (Wildman–Crippen MR) is 62.1 cm³/mol. The summed E-state index contributed by atoms with van der Waals surface area (Å²) in [6, 6.07) is 6.35. The Bertz CT molecular complexity index is 436. The summed E-state index contributed by atoms with van der Waals surface area (Å²) in [5.74, 6) is -0.692. The molecule has 0 aliphatic carbocycles. The van der Waals surface area contributed by atoms with Crippen LogP contribution in [0, 0.1) is 0 Å². The molecule has 84 valence electrons. The Morgan fingerprint density at radius 3 is 2.44 bits per heavy atom. The lowest BCUT2D eigenvalue weighted by Gasteiger charge is -2.03. The van der Waals surface area contributed by atoms with E-state index in [2.05, 4.69) is 0 Å². The van der Waals surface area contributed by atoms with Crippen molar-refractivity contribution in [2.45, 2.75) is 0 Å². The summed E-state index contributed by atoms with van der Waals surface area (Å²) in [4.78, 5) is 24.3. The maximum atomic E-state index is 11.7. The molecule has 0 aromatic heterocycles. The fraction of sp³-hybridized carbons (Fsp3) is 0.167. The van der Waals surface area contributed by atoms with E-state index in [0.29, 0.717) is 11.1 Å². The first kappa shape index (κ1) is 12.0. The number of nitrogens with zero attached hydrogens (tertiary/aromatic N) is 1. The van der Waals surface area contributed by atoms with Crippen molar-refractivity contribution in [3.63, 3.8) is 0 Å². The average molecular weight is 218 g/mol. The molecule has 4 nitrogen and oxygen atoms in total. The average Bonchev–Trinajstić information content (AvgIpc) is 2.26. The van der Waals surface area contributed by atoms with Crippen molar-refractivity contribution < 1.29 is 9.59 Å². The Hall–Kier alpha value is -2.10. The van der Waals surface area contributed by atoms with Crippen LogP contribution >= 0.6 is 0 Å². The summed E-state index contributed by atoms with van der Waals surface area (Å²) < 4.78 is 0. The van der Waals surface area contributed by atoms with Crippen LogP contribution in [0.1, 0.15) is 20.7 Å². The number of rotatable bonds is 4. The third-order valence-corrected chi connectivity index (χ3v) is 1.96. The lowest BCUT2D eigenvalue weighted by atomic mass is 10.1. The molecule has 0 fully saturated rings. The molecule has 0 spiro atoms. The molecule has 1 amide bonds. The fourth-order valence-corrected chi connectivity index (χ4v) is 1.14. The molecule has 1 aromatic carbocycles. The largest absolute Gasteiger partial charge is 0.383 e. The monoisotopic (exact) mass is 218 g/mol. The summed E-state index contributed by atoms with van der Waals surface area (Å²) in [6.07, 6.45) is 3.10. The topological polar surface area (TPSA) is 63.4 Å². The summed E-state index contributed by atoms with van der Waals surface area (Å²) in [7, 11) is 3.65. The van der Waals surface area contributed by atoms with Crippen LogP contribution < -0.4 is 5.73 Å². The molecule has 1 rings (SSSR count). The minimum atomic E-state index is -0.536. The number of hydrogen-bond donors (Lipinski definition) is 1. The highest BCUT2D eigenvalue weighted by Gasteiger charge is 2.05. The molecular weight excluding hydrogens is 204 g/mol. The van der Waals surface area contributed by atoms with Gasteiger partial charge in [0.2, 0.25) is 5.91 Å². The van der Waals surface area contributed by atoms with Crippen LogP contribution in [0.2, 0.25) is 0 Å². The van der Waals surface area contributed by atoms with Gasteiger partial charge in [-0.05, 0) is 12.1 Å². The number of primary amides is 1. The third kappa shape index (κ3) is 3.24. The number of carbonyl (C=O) groups excluding carboxylic acids is 2. The first-order valence-corrected chi connectivity index (χ1v) is 4.79. The third-order valence-electron chi connectivity index (χ3n) is 1.96. The first-order valence-electron chi connectivity index (χ1n) is 4.79. The van der Waals surface area contributed by atoms with Crippen molar-refractivity contribution >= 4 is 11.7 Å². The van der Waals surface area contributed by atoms with Gasteiger partial charge in [0.1, 0.15) is 0 Å².